The van der Waals surface area contributed by atoms with Crippen LogP contribution in [-0.4, -0.2) is 74.5 Å². The van der Waals surface area contributed by atoms with Crippen molar-refractivity contribution in [2.45, 2.75) is 38.9 Å². The molecule has 0 amide bonds. The fourth-order valence-electron chi connectivity index (χ4n) is 4.16. The van der Waals surface area contributed by atoms with Gasteiger partial charge in [0.2, 0.25) is 0 Å². The highest BCUT2D eigenvalue weighted by Gasteiger charge is 2.19. The largest absolute Gasteiger partial charge is 0.490 e. The topological polar surface area (TPSA) is 176 Å². The molecule has 14 heteroatoms. The standard InChI is InChI=1S/C40H40O14/c1-6-26-21-31(53-39(45)27-11-15-29(16-12-27)47-22-32(51-37(43)9-4)24-49-35(41)7-2)19-20-34(26)54-40(46)28-13-17-30(18-14-28)48-23-33(52-38(44)10-5)25-50-36(42)8-3/h6-8,11-21,32-33H,1-3,9-10,22-25H2,4-5H3. The van der Waals surface area contributed by atoms with Gasteiger partial charge in [-0.2, -0.15) is 0 Å². The maximum absolute atomic E-state index is 12.9. The second-order valence-corrected chi connectivity index (χ2v) is 11.0. The third-order valence-corrected chi connectivity index (χ3v) is 7.00. The van der Waals surface area contributed by atoms with Crippen LogP contribution in [0.1, 0.15) is 53.0 Å². The summed E-state index contributed by atoms with van der Waals surface area (Å²) in [5.41, 5.74) is 0.773. The summed E-state index contributed by atoms with van der Waals surface area (Å²) in [5.74, 6) is -2.66. The van der Waals surface area contributed by atoms with E-state index in [9.17, 15) is 28.8 Å². The van der Waals surface area contributed by atoms with Crippen molar-refractivity contribution in [3.05, 3.63) is 115 Å². The summed E-state index contributed by atoms with van der Waals surface area (Å²) in [6.45, 7) is 13.0. The Morgan fingerprint density at radius 2 is 1.00 bits per heavy atom. The molecule has 0 bridgehead atoms. The normalized spacial score (nSPS) is 11.4. The molecule has 2 atom stereocenters. The van der Waals surface area contributed by atoms with E-state index in [1.54, 1.807) is 13.8 Å². The first-order valence-electron chi connectivity index (χ1n) is 16.6. The molecule has 284 valence electrons. The van der Waals surface area contributed by atoms with Crippen molar-refractivity contribution in [2.24, 2.45) is 0 Å². The quantitative estimate of drug-likeness (QED) is 0.0568. The Bertz CT molecular complexity index is 1810. The number of carbonyl (C=O) groups is 6. The predicted octanol–water partition coefficient (Wildman–Crippen LogP) is 5.63. The van der Waals surface area contributed by atoms with Gasteiger partial charge in [-0.3, -0.25) is 9.59 Å². The first-order chi connectivity index (χ1) is 26.0. The van der Waals surface area contributed by atoms with E-state index in [2.05, 4.69) is 19.7 Å². The van der Waals surface area contributed by atoms with Crippen LogP contribution in [0.4, 0.5) is 0 Å². The molecule has 2 unspecified atom stereocenters. The predicted molar refractivity (Wildman–Crippen MR) is 193 cm³/mol. The van der Waals surface area contributed by atoms with Gasteiger partial charge < -0.3 is 37.9 Å². The van der Waals surface area contributed by atoms with Crippen molar-refractivity contribution in [3.8, 4) is 23.0 Å². The summed E-state index contributed by atoms with van der Waals surface area (Å²) in [6.07, 6.45) is 1.94. The number of hydrogen-bond donors (Lipinski definition) is 0. The van der Waals surface area contributed by atoms with E-state index in [4.69, 9.17) is 37.9 Å². The minimum Gasteiger partial charge on any atom is -0.490 e. The maximum atomic E-state index is 12.9. The summed E-state index contributed by atoms with van der Waals surface area (Å²) in [6, 6.07) is 16.4. The van der Waals surface area contributed by atoms with Gasteiger partial charge in [0, 0.05) is 30.6 Å². The molecular weight excluding hydrogens is 704 g/mol. The molecule has 3 rings (SSSR count). The van der Waals surface area contributed by atoms with Gasteiger partial charge in [-0.1, -0.05) is 39.7 Å². The lowest BCUT2D eigenvalue weighted by Gasteiger charge is -2.18. The van der Waals surface area contributed by atoms with Crippen LogP contribution in [-0.2, 0) is 38.1 Å². The first-order valence-corrected chi connectivity index (χ1v) is 16.6. The van der Waals surface area contributed by atoms with Crippen LogP contribution in [0.5, 0.6) is 23.0 Å². The number of benzene rings is 3. The Kier molecular flexibility index (Phi) is 16.7. The van der Waals surface area contributed by atoms with Crippen LogP contribution in [0.25, 0.3) is 6.08 Å². The average Bonchev–Trinajstić information content (AvgIpc) is 3.20. The Labute approximate surface area is 311 Å². The van der Waals surface area contributed by atoms with Crippen molar-refractivity contribution in [3.63, 3.8) is 0 Å². The zero-order valence-electron chi connectivity index (χ0n) is 29.8. The van der Waals surface area contributed by atoms with Crippen LogP contribution in [0.3, 0.4) is 0 Å². The van der Waals surface area contributed by atoms with Crippen LogP contribution in [0, 0.1) is 0 Å². The lowest BCUT2D eigenvalue weighted by atomic mass is 10.1. The summed E-state index contributed by atoms with van der Waals surface area (Å²) >= 11 is 0. The minimum absolute atomic E-state index is 0.113. The monoisotopic (exact) mass is 744 g/mol. The van der Waals surface area contributed by atoms with Crippen molar-refractivity contribution in [1.29, 1.82) is 0 Å². The lowest BCUT2D eigenvalue weighted by molar-refractivity contribution is -0.158. The highest BCUT2D eigenvalue weighted by Crippen LogP contribution is 2.27. The van der Waals surface area contributed by atoms with E-state index in [0.29, 0.717) is 17.1 Å². The van der Waals surface area contributed by atoms with Crippen LogP contribution in [0.2, 0.25) is 0 Å². The summed E-state index contributed by atoms with van der Waals surface area (Å²) in [7, 11) is 0. The van der Waals surface area contributed by atoms with Gasteiger partial charge in [0.05, 0.1) is 11.1 Å². The Balaban J connectivity index is 1.56. The van der Waals surface area contributed by atoms with Gasteiger partial charge in [0.15, 0.2) is 12.2 Å². The molecule has 0 radical (unpaired) electrons. The average molecular weight is 745 g/mol. The number of esters is 6. The molecule has 0 fully saturated rings. The molecule has 0 N–H and O–H groups in total. The maximum Gasteiger partial charge on any atom is 0.343 e. The van der Waals surface area contributed by atoms with Gasteiger partial charge in [0.25, 0.3) is 0 Å². The molecule has 0 saturated carbocycles. The lowest BCUT2D eigenvalue weighted by Crippen LogP contribution is -2.30. The molecule has 3 aromatic carbocycles. The van der Waals surface area contributed by atoms with E-state index < -0.39 is 48.0 Å². The molecule has 0 aliphatic carbocycles. The number of hydrogen-bond acceptors (Lipinski definition) is 14. The van der Waals surface area contributed by atoms with Crippen molar-refractivity contribution >= 4 is 41.9 Å². The van der Waals surface area contributed by atoms with Gasteiger partial charge in [0.1, 0.15) is 49.4 Å². The van der Waals surface area contributed by atoms with Crippen LogP contribution in [0.15, 0.2) is 98.6 Å². The van der Waals surface area contributed by atoms with Crippen LogP contribution >= 0.6 is 0 Å². The third kappa shape index (κ3) is 13.8. The smallest absolute Gasteiger partial charge is 0.343 e. The highest BCUT2D eigenvalue weighted by molar-refractivity contribution is 5.92. The molecular formula is C40H40O14. The second-order valence-electron chi connectivity index (χ2n) is 11.0. The molecule has 0 spiro atoms. The minimum atomic E-state index is -0.862. The van der Waals surface area contributed by atoms with E-state index in [0.717, 1.165) is 12.2 Å². The van der Waals surface area contributed by atoms with Crippen molar-refractivity contribution < 1.29 is 66.7 Å². The molecule has 0 aliphatic rings. The molecule has 54 heavy (non-hydrogen) atoms. The third-order valence-electron chi connectivity index (χ3n) is 7.00. The molecule has 0 aromatic heterocycles. The van der Waals surface area contributed by atoms with Crippen molar-refractivity contribution in [2.75, 3.05) is 26.4 Å². The zero-order chi connectivity index (χ0) is 39.5. The SMILES string of the molecule is C=CC(=O)OCC(COc1ccc(C(=O)Oc2ccc(OC(=O)c3ccc(OCC(COC(=O)C=C)OC(=O)CC)cc3)c(C=C)c2)cc1)OC(=O)CC. The highest BCUT2D eigenvalue weighted by atomic mass is 16.6. The Morgan fingerprint density at radius 1 is 0.574 bits per heavy atom. The van der Waals surface area contributed by atoms with Crippen molar-refractivity contribution in [1.82, 2.24) is 0 Å². The molecule has 3 aromatic rings. The Hall–Kier alpha value is -6.70. The second kappa shape index (κ2) is 21.6. The first kappa shape index (κ1) is 41.7. The van der Waals surface area contributed by atoms with Gasteiger partial charge in [-0.25, -0.2) is 19.2 Å². The molecule has 0 heterocycles. The summed E-state index contributed by atoms with van der Waals surface area (Å²) < 4.78 is 42.8. The fourth-order valence-corrected chi connectivity index (χ4v) is 4.16. The van der Waals surface area contributed by atoms with Gasteiger partial charge >= 0.3 is 35.8 Å². The molecule has 14 nitrogen and oxygen atoms in total. The summed E-state index contributed by atoms with van der Waals surface area (Å²) in [5, 5.41) is 0. The van der Waals surface area contributed by atoms with Gasteiger partial charge in [-0.15, -0.1) is 0 Å². The molecule has 0 aliphatic heterocycles. The summed E-state index contributed by atoms with van der Waals surface area (Å²) in [4.78, 5) is 72.1. The number of ether oxygens (including phenoxy) is 8. The molecule has 0 saturated heterocycles. The number of rotatable bonds is 21. The van der Waals surface area contributed by atoms with Crippen LogP contribution < -0.4 is 18.9 Å². The zero-order valence-corrected chi connectivity index (χ0v) is 29.8. The Morgan fingerprint density at radius 3 is 1.41 bits per heavy atom. The van der Waals surface area contributed by atoms with E-state index in [-0.39, 0.29) is 61.9 Å². The van der Waals surface area contributed by atoms with E-state index in [1.165, 1.54) is 72.8 Å². The number of carbonyl (C=O) groups excluding carboxylic acids is 6. The van der Waals surface area contributed by atoms with E-state index >= 15 is 0 Å². The fraction of sp³-hybridized carbons (Fsp3) is 0.250. The van der Waals surface area contributed by atoms with E-state index in [1.807, 2.05) is 0 Å². The van der Waals surface area contributed by atoms with Gasteiger partial charge in [-0.05, 0) is 66.7 Å².